The minimum atomic E-state index is -3.36. The molecule has 0 unspecified atom stereocenters. The Hall–Kier alpha value is -1.76. The molecule has 4 nitrogen and oxygen atoms in total. The largest absolute Gasteiger partial charge is 0.294 e. The Morgan fingerprint density at radius 2 is 1.62 bits per heavy atom. The Morgan fingerprint density at radius 1 is 0.917 bits per heavy atom. The van der Waals surface area contributed by atoms with Gasteiger partial charge < -0.3 is 0 Å². The third-order valence-electron chi connectivity index (χ3n) is 4.58. The fraction of sp³-hybridized carbons (Fsp3) is 0.222. The van der Waals surface area contributed by atoms with Gasteiger partial charge >= 0.3 is 0 Å². The normalized spacial score (nSPS) is 16.0. The zero-order valence-electron chi connectivity index (χ0n) is 13.1. The molecule has 0 N–H and O–H groups in total. The molecule has 0 bridgehead atoms. The van der Waals surface area contributed by atoms with Gasteiger partial charge in [0.15, 0.2) is 0 Å². The van der Waals surface area contributed by atoms with Crippen molar-refractivity contribution in [3.05, 3.63) is 54.7 Å². The minimum absolute atomic E-state index is 0.368. The maximum Gasteiger partial charge on any atom is 0.243 e. The lowest BCUT2D eigenvalue weighted by Gasteiger charge is -2.15. The van der Waals surface area contributed by atoms with E-state index < -0.39 is 10.0 Å². The monoisotopic (exact) mass is 358 g/mol. The van der Waals surface area contributed by atoms with Gasteiger partial charge in [-0.2, -0.15) is 4.31 Å². The molecule has 0 saturated carbocycles. The SMILES string of the molecule is O=S(=O)(c1ccc(-c2cccc3c2ccn3S)cc1)N1CCCC1. The van der Waals surface area contributed by atoms with E-state index in [0.29, 0.717) is 18.0 Å². The summed E-state index contributed by atoms with van der Waals surface area (Å²) in [5.41, 5.74) is 3.11. The summed E-state index contributed by atoms with van der Waals surface area (Å²) < 4.78 is 28.6. The van der Waals surface area contributed by atoms with Gasteiger partial charge in [-0.15, -0.1) is 0 Å². The van der Waals surface area contributed by atoms with E-state index in [4.69, 9.17) is 0 Å². The zero-order valence-corrected chi connectivity index (χ0v) is 14.8. The average Bonchev–Trinajstić information content (AvgIpc) is 3.26. The van der Waals surface area contributed by atoms with Gasteiger partial charge in [0.1, 0.15) is 0 Å². The highest BCUT2D eigenvalue weighted by Gasteiger charge is 2.26. The number of aromatic nitrogens is 1. The molecule has 2 aromatic carbocycles. The van der Waals surface area contributed by atoms with E-state index in [1.165, 1.54) is 0 Å². The Bertz CT molecular complexity index is 986. The first-order valence-electron chi connectivity index (χ1n) is 7.97. The highest BCUT2D eigenvalue weighted by atomic mass is 32.2. The first-order chi connectivity index (χ1) is 11.6. The number of nitrogens with zero attached hydrogens (tertiary/aromatic N) is 2. The predicted molar refractivity (Wildman–Crippen MR) is 99.8 cm³/mol. The van der Waals surface area contributed by atoms with Crippen LogP contribution in [0.5, 0.6) is 0 Å². The van der Waals surface area contributed by atoms with Crippen molar-refractivity contribution in [3.8, 4) is 11.1 Å². The topological polar surface area (TPSA) is 42.3 Å². The highest BCUT2D eigenvalue weighted by Crippen LogP contribution is 2.31. The van der Waals surface area contributed by atoms with E-state index in [-0.39, 0.29) is 0 Å². The Morgan fingerprint density at radius 3 is 2.33 bits per heavy atom. The Balaban J connectivity index is 1.73. The fourth-order valence-corrected chi connectivity index (χ4v) is 5.05. The zero-order chi connectivity index (χ0) is 16.7. The molecule has 0 amide bonds. The molecule has 1 fully saturated rings. The van der Waals surface area contributed by atoms with Crippen molar-refractivity contribution in [2.45, 2.75) is 17.7 Å². The summed E-state index contributed by atoms with van der Waals surface area (Å²) in [6, 6.07) is 15.2. The number of sulfonamides is 1. The van der Waals surface area contributed by atoms with Crippen molar-refractivity contribution in [3.63, 3.8) is 0 Å². The van der Waals surface area contributed by atoms with E-state index in [2.05, 4.69) is 12.8 Å². The maximum atomic E-state index is 12.6. The number of hydrogen-bond donors (Lipinski definition) is 1. The van der Waals surface area contributed by atoms with Gasteiger partial charge in [0.25, 0.3) is 0 Å². The molecule has 124 valence electrons. The fourth-order valence-electron chi connectivity index (χ4n) is 3.29. The van der Waals surface area contributed by atoms with Gasteiger partial charge in [-0.25, -0.2) is 8.42 Å². The summed E-state index contributed by atoms with van der Waals surface area (Å²) in [6.07, 6.45) is 3.80. The number of hydrogen-bond acceptors (Lipinski definition) is 3. The van der Waals surface area contributed by atoms with Gasteiger partial charge in [-0.3, -0.25) is 3.97 Å². The van der Waals surface area contributed by atoms with Crippen LogP contribution in [0.3, 0.4) is 0 Å². The quantitative estimate of drug-likeness (QED) is 0.724. The molecule has 0 atom stereocenters. The van der Waals surface area contributed by atoms with Crippen LogP contribution in [-0.2, 0) is 10.0 Å². The summed E-state index contributed by atoms with van der Waals surface area (Å²) in [5, 5.41) is 1.10. The molecule has 1 aliphatic rings. The summed E-state index contributed by atoms with van der Waals surface area (Å²) in [4.78, 5) is 0.368. The van der Waals surface area contributed by atoms with Crippen LogP contribution in [0, 0.1) is 0 Å². The molecule has 1 aliphatic heterocycles. The van der Waals surface area contributed by atoms with Crippen LogP contribution in [0.15, 0.2) is 59.6 Å². The van der Waals surface area contributed by atoms with Gasteiger partial charge in [0.2, 0.25) is 10.0 Å². The predicted octanol–water partition coefficient (Wildman–Crippen LogP) is 3.79. The van der Waals surface area contributed by atoms with E-state index in [1.54, 1.807) is 20.4 Å². The molecule has 4 rings (SSSR count). The van der Waals surface area contributed by atoms with Crippen LogP contribution >= 0.6 is 12.8 Å². The number of rotatable bonds is 3. The van der Waals surface area contributed by atoms with Gasteiger partial charge in [0.05, 0.1) is 10.4 Å². The molecule has 0 radical (unpaired) electrons. The van der Waals surface area contributed by atoms with E-state index in [0.717, 1.165) is 34.9 Å². The molecule has 24 heavy (non-hydrogen) atoms. The summed E-state index contributed by atoms with van der Waals surface area (Å²) in [5.74, 6) is 0. The lowest BCUT2D eigenvalue weighted by atomic mass is 10.0. The minimum Gasteiger partial charge on any atom is -0.294 e. The van der Waals surface area contributed by atoms with Gasteiger partial charge in [-0.1, -0.05) is 37.1 Å². The average molecular weight is 358 g/mol. The number of thiol groups is 1. The second-order valence-corrected chi connectivity index (χ2v) is 8.40. The van der Waals surface area contributed by atoms with Crippen LogP contribution in [0.4, 0.5) is 0 Å². The molecule has 2 heterocycles. The van der Waals surface area contributed by atoms with E-state index in [1.807, 2.05) is 42.6 Å². The van der Waals surface area contributed by atoms with Gasteiger partial charge in [-0.05, 0) is 48.2 Å². The third-order valence-corrected chi connectivity index (χ3v) is 6.84. The van der Waals surface area contributed by atoms with Crippen molar-refractivity contribution in [2.24, 2.45) is 0 Å². The van der Waals surface area contributed by atoms with Crippen LogP contribution in [0.1, 0.15) is 12.8 Å². The lowest BCUT2D eigenvalue weighted by Crippen LogP contribution is -2.27. The van der Waals surface area contributed by atoms with Gasteiger partial charge in [0, 0.05) is 24.7 Å². The Kier molecular flexibility index (Phi) is 3.90. The van der Waals surface area contributed by atoms with Crippen molar-refractivity contribution in [1.29, 1.82) is 0 Å². The van der Waals surface area contributed by atoms with Crippen molar-refractivity contribution in [2.75, 3.05) is 13.1 Å². The van der Waals surface area contributed by atoms with E-state index >= 15 is 0 Å². The van der Waals surface area contributed by atoms with Crippen LogP contribution in [0.2, 0.25) is 0 Å². The number of fused-ring (bicyclic) bond motifs is 1. The van der Waals surface area contributed by atoms with Crippen molar-refractivity contribution >= 4 is 33.7 Å². The van der Waals surface area contributed by atoms with Crippen LogP contribution in [-0.4, -0.2) is 29.8 Å². The molecule has 0 aliphatic carbocycles. The van der Waals surface area contributed by atoms with Crippen molar-refractivity contribution < 1.29 is 8.42 Å². The van der Waals surface area contributed by atoms with Crippen LogP contribution in [0.25, 0.3) is 22.0 Å². The highest BCUT2D eigenvalue weighted by molar-refractivity contribution is 7.89. The third kappa shape index (κ3) is 2.55. The second-order valence-electron chi connectivity index (χ2n) is 6.03. The lowest BCUT2D eigenvalue weighted by molar-refractivity contribution is 0.477. The first-order valence-corrected chi connectivity index (χ1v) is 9.81. The molecular formula is C18H18N2O2S2. The smallest absolute Gasteiger partial charge is 0.243 e. The van der Waals surface area contributed by atoms with Crippen molar-refractivity contribution in [1.82, 2.24) is 8.28 Å². The first kappa shape index (κ1) is 15.7. The Labute approximate surface area is 147 Å². The standard InChI is InChI=1S/C18H18N2O2S2/c21-24(22,19-11-1-2-12-19)15-8-6-14(7-9-15)16-4-3-5-18-17(16)10-13-20(18)23/h3-10,13,23H,1-2,11-12H2. The molecule has 3 aromatic rings. The molecule has 1 saturated heterocycles. The summed E-state index contributed by atoms with van der Waals surface area (Å²) in [6.45, 7) is 1.25. The molecule has 6 heteroatoms. The maximum absolute atomic E-state index is 12.6. The molecule has 0 spiro atoms. The summed E-state index contributed by atoms with van der Waals surface area (Å²) in [7, 11) is -3.36. The molecule has 1 aromatic heterocycles. The molecular weight excluding hydrogens is 340 g/mol. The summed E-state index contributed by atoms with van der Waals surface area (Å²) >= 11 is 4.40. The number of benzene rings is 2. The second kappa shape index (κ2) is 5.95. The van der Waals surface area contributed by atoms with Crippen LogP contribution < -0.4 is 0 Å². The van der Waals surface area contributed by atoms with E-state index in [9.17, 15) is 8.42 Å².